The van der Waals surface area contributed by atoms with Crippen LogP contribution in [0.4, 0.5) is 13.2 Å². The molecule has 0 fully saturated rings. The van der Waals surface area contributed by atoms with Crippen molar-refractivity contribution in [3.05, 3.63) is 16.1 Å². The lowest BCUT2D eigenvalue weighted by Gasteiger charge is -2.07. The number of hydrogen-bond acceptors (Lipinski definition) is 3. The van der Waals surface area contributed by atoms with E-state index in [1.165, 1.54) is 5.38 Å². The Bertz CT molecular complexity index is 291. The average Bonchev–Trinajstić information content (AvgIpc) is 2.54. The summed E-state index contributed by atoms with van der Waals surface area (Å²) in [6, 6.07) is 0. The van der Waals surface area contributed by atoms with Crippen LogP contribution >= 0.6 is 11.3 Å². The lowest BCUT2D eigenvalue weighted by atomic mass is 10.0. The van der Waals surface area contributed by atoms with Crippen LogP contribution in [0.25, 0.3) is 0 Å². The summed E-state index contributed by atoms with van der Waals surface area (Å²) >= 11 is 0.624. The fourth-order valence-electron chi connectivity index (χ4n) is 1.10. The monoisotopic (exact) mass is 224 g/mol. The number of halogens is 3. The van der Waals surface area contributed by atoms with Gasteiger partial charge in [0.05, 0.1) is 5.69 Å². The first-order valence-corrected chi connectivity index (χ1v) is 5.09. The molecular weight excluding hydrogens is 213 g/mol. The maximum absolute atomic E-state index is 12.2. The van der Waals surface area contributed by atoms with Crippen molar-refractivity contribution >= 4 is 11.3 Å². The number of nitrogens with zero attached hydrogens (tertiary/aromatic N) is 1. The minimum absolute atomic E-state index is 0.0673. The molecule has 1 rings (SSSR count). The molecule has 0 saturated carbocycles. The van der Waals surface area contributed by atoms with Crippen molar-refractivity contribution in [2.24, 2.45) is 5.73 Å². The highest BCUT2D eigenvalue weighted by molar-refractivity contribution is 7.09. The maximum Gasteiger partial charge on any atom is 0.443 e. The molecule has 1 aromatic heterocycles. The second kappa shape index (κ2) is 4.27. The Morgan fingerprint density at radius 2 is 2.21 bits per heavy atom. The van der Waals surface area contributed by atoms with Crippen LogP contribution in [0.5, 0.6) is 0 Å². The van der Waals surface area contributed by atoms with Crippen LogP contribution in [0.2, 0.25) is 0 Å². The van der Waals surface area contributed by atoms with Crippen molar-refractivity contribution in [2.75, 3.05) is 6.54 Å². The molecule has 14 heavy (non-hydrogen) atoms. The molecule has 0 aliphatic carbocycles. The smallest absolute Gasteiger partial charge is 0.330 e. The van der Waals surface area contributed by atoms with E-state index in [2.05, 4.69) is 4.98 Å². The van der Waals surface area contributed by atoms with Crippen LogP contribution in [-0.4, -0.2) is 11.5 Å². The third kappa shape index (κ3) is 2.45. The number of aromatic nitrogens is 1. The van der Waals surface area contributed by atoms with Crippen molar-refractivity contribution < 1.29 is 13.2 Å². The van der Waals surface area contributed by atoms with Crippen molar-refractivity contribution in [1.82, 2.24) is 4.98 Å². The molecule has 0 aromatic carbocycles. The lowest BCUT2D eigenvalue weighted by molar-refractivity contribution is -0.137. The number of hydrogen-bond donors (Lipinski definition) is 1. The summed E-state index contributed by atoms with van der Waals surface area (Å²) in [6.07, 6.45) is -3.63. The van der Waals surface area contributed by atoms with Crippen LogP contribution in [0.3, 0.4) is 0 Å². The highest BCUT2D eigenvalue weighted by Gasteiger charge is 2.34. The lowest BCUT2D eigenvalue weighted by Crippen LogP contribution is -2.12. The van der Waals surface area contributed by atoms with E-state index < -0.39 is 11.2 Å². The first-order chi connectivity index (χ1) is 6.49. The van der Waals surface area contributed by atoms with E-state index >= 15 is 0 Å². The second-order valence-corrected chi connectivity index (χ2v) is 3.77. The van der Waals surface area contributed by atoms with Gasteiger partial charge in [0.1, 0.15) is 0 Å². The molecule has 2 N–H and O–H groups in total. The van der Waals surface area contributed by atoms with Crippen molar-refractivity contribution in [2.45, 2.75) is 25.4 Å². The average molecular weight is 224 g/mol. The molecule has 0 bridgehead atoms. The topological polar surface area (TPSA) is 38.9 Å². The molecule has 0 aliphatic heterocycles. The van der Waals surface area contributed by atoms with Crippen LogP contribution < -0.4 is 5.73 Å². The van der Waals surface area contributed by atoms with Crippen LogP contribution in [-0.2, 0) is 6.18 Å². The van der Waals surface area contributed by atoms with Gasteiger partial charge in [0.2, 0.25) is 0 Å². The number of thiazole rings is 1. The highest BCUT2D eigenvalue weighted by atomic mass is 32.1. The molecule has 2 nitrogen and oxygen atoms in total. The minimum Gasteiger partial charge on any atom is -0.330 e. The molecule has 1 unspecified atom stereocenters. The Hall–Kier alpha value is -0.620. The van der Waals surface area contributed by atoms with Gasteiger partial charge in [-0.25, -0.2) is 4.98 Å². The van der Waals surface area contributed by atoms with Gasteiger partial charge in [-0.15, -0.1) is 11.3 Å². The van der Waals surface area contributed by atoms with E-state index in [4.69, 9.17) is 5.73 Å². The predicted octanol–water partition coefficient (Wildman–Crippen LogP) is 2.61. The SMILES string of the molecule is CCC(CN)c1csc(C(F)(F)F)n1. The number of rotatable bonds is 3. The Morgan fingerprint density at radius 1 is 1.57 bits per heavy atom. The molecule has 0 aliphatic rings. The molecule has 0 spiro atoms. The number of alkyl halides is 3. The third-order valence-corrected chi connectivity index (χ3v) is 2.87. The molecule has 6 heteroatoms. The zero-order valence-electron chi connectivity index (χ0n) is 7.64. The second-order valence-electron chi connectivity index (χ2n) is 2.92. The largest absolute Gasteiger partial charge is 0.443 e. The summed E-state index contributed by atoms with van der Waals surface area (Å²) in [4.78, 5) is 3.54. The first-order valence-electron chi connectivity index (χ1n) is 4.21. The van der Waals surface area contributed by atoms with Crippen molar-refractivity contribution in [3.8, 4) is 0 Å². The van der Waals surface area contributed by atoms with Crippen molar-refractivity contribution in [1.29, 1.82) is 0 Å². The minimum atomic E-state index is -4.34. The summed E-state index contributed by atoms with van der Waals surface area (Å²) in [5.74, 6) is -0.0673. The van der Waals surface area contributed by atoms with Gasteiger partial charge in [0.25, 0.3) is 0 Å². The fourth-order valence-corrected chi connectivity index (χ4v) is 1.87. The molecule has 0 saturated heterocycles. The summed E-state index contributed by atoms with van der Waals surface area (Å²) in [7, 11) is 0. The van der Waals surface area contributed by atoms with E-state index in [1.54, 1.807) is 0 Å². The van der Waals surface area contributed by atoms with Gasteiger partial charge >= 0.3 is 6.18 Å². The molecule has 0 radical (unpaired) electrons. The van der Waals surface area contributed by atoms with Gasteiger partial charge in [-0.2, -0.15) is 13.2 Å². The van der Waals surface area contributed by atoms with Crippen LogP contribution in [0.15, 0.2) is 5.38 Å². The number of nitrogens with two attached hydrogens (primary N) is 1. The summed E-state index contributed by atoms with van der Waals surface area (Å²) in [5.41, 5.74) is 5.87. The van der Waals surface area contributed by atoms with Crippen LogP contribution in [0, 0.1) is 0 Å². The molecule has 1 heterocycles. The van der Waals surface area contributed by atoms with Gasteiger partial charge < -0.3 is 5.73 Å². The molecule has 0 amide bonds. The van der Waals surface area contributed by atoms with Gasteiger partial charge in [-0.3, -0.25) is 0 Å². The summed E-state index contributed by atoms with van der Waals surface area (Å²) in [5, 5.41) is 0.642. The Morgan fingerprint density at radius 3 is 2.57 bits per heavy atom. The molecule has 1 aromatic rings. The summed E-state index contributed by atoms with van der Waals surface area (Å²) < 4.78 is 36.6. The molecule has 80 valence electrons. The van der Waals surface area contributed by atoms with Crippen molar-refractivity contribution in [3.63, 3.8) is 0 Å². The van der Waals surface area contributed by atoms with Crippen LogP contribution in [0.1, 0.15) is 30.0 Å². The van der Waals surface area contributed by atoms with E-state index in [0.717, 1.165) is 0 Å². The first kappa shape index (κ1) is 11.5. The van der Waals surface area contributed by atoms with Gasteiger partial charge in [-0.1, -0.05) is 6.92 Å². The molecule has 1 atom stereocenters. The third-order valence-electron chi connectivity index (χ3n) is 1.96. The van der Waals surface area contributed by atoms with E-state index in [9.17, 15) is 13.2 Å². The van der Waals surface area contributed by atoms with Gasteiger partial charge in [0, 0.05) is 17.8 Å². The van der Waals surface area contributed by atoms with E-state index in [0.29, 0.717) is 30.0 Å². The standard InChI is InChI=1S/C8H11F3N2S/c1-2-5(3-12)6-4-14-7(13-6)8(9,10)11/h4-5H,2-3,12H2,1H3. The zero-order chi connectivity index (χ0) is 10.8. The quantitative estimate of drug-likeness (QED) is 0.857. The fraction of sp³-hybridized carbons (Fsp3) is 0.625. The maximum atomic E-state index is 12.2. The Kier molecular flexibility index (Phi) is 3.49. The van der Waals surface area contributed by atoms with Gasteiger partial charge in [0.15, 0.2) is 5.01 Å². The predicted molar refractivity (Wildman–Crippen MR) is 49.2 cm³/mol. The van der Waals surface area contributed by atoms with Gasteiger partial charge in [-0.05, 0) is 6.42 Å². The normalized spacial score (nSPS) is 14.4. The summed E-state index contributed by atoms with van der Waals surface area (Å²) in [6.45, 7) is 2.21. The van der Waals surface area contributed by atoms with E-state index in [1.807, 2.05) is 6.92 Å². The zero-order valence-corrected chi connectivity index (χ0v) is 8.45. The molecular formula is C8H11F3N2S. The Labute approximate surface area is 84.0 Å². The van der Waals surface area contributed by atoms with E-state index in [-0.39, 0.29) is 5.92 Å². The highest BCUT2D eigenvalue weighted by Crippen LogP contribution is 2.33. The Balaban J connectivity index is 2.87.